The first-order chi connectivity index (χ1) is 51.2. The second kappa shape index (κ2) is 42.9. The summed E-state index contributed by atoms with van der Waals surface area (Å²) >= 11 is 0. The highest BCUT2D eigenvalue weighted by atomic mass is 31.2. The highest BCUT2D eigenvalue weighted by Crippen LogP contribution is 2.60. The van der Waals surface area contributed by atoms with Crippen molar-refractivity contribution >= 4 is 89.8 Å². The number of nitrogens with zero attached hydrogens (tertiary/aromatic N) is 4. The van der Waals surface area contributed by atoms with Crippen molar-refractivity contribution in [1.82, 2.24) is 20.1 Å². The molecule has 39 nitrogen and oxygen atoms in total. The van der Waals surface area contributed by atoms with Crippen LogP contribution in [0.25, 0.3) is 0 Å². The lowest BCUT2D eigenvalue weighted by Gasteiger charge is -2.24. The molecule has 0 spiro atoms. The Balaban J connectivity index is 0.000000512. The number of ether oxygens (including phenoxy) is 6. The molecule has 8 unspecified atom stereocenters. The molecule has 112 heavy (non-hydrogen) atoms. The third-order valence-electron chi connectivity index (χ3n) is 15.7. The third-order valence-corrected chi connectivity index (χ3v) is 23.3. The first kappa shape index (κ1) is 102. The fourth-order valence-electron chi connectivity index (χ4n) is 8.80. The Labute approximate surface area is 651 Å². The van der Waals surface area contributed by atoms with Crippen LogP contribution in [-0.2, 0) is 145 Å². The quantitative estimate of drug-likeness (QED) is 0.0141. The van der Waals surface area contributed by atoms with Crippen LogP contribution in [0, 0.1) is 32.5 Å². The highest BCUT2D eigenvalue weighted by Gasteiger charge is 2.55. The molecule has 4 fully saturated rings. The third kappa shape index (κ3) is 31.6. The lowest BCUT2D eigenvalue weighted by Crippen LogP contribution is -2.35. The van der Waals surface area contributed by atoms with Crippen LogP contribution in [0.5, 0.6) is 0 Å². The molecule has 2 aromatic rings. The molecule has 7 N–H and O–H groups in total. The van der Waals surface area contributed by atoms with Gasteiger partial charge in [0.2, 0.25) is 46.7 Å². The SMILES string of the molecule is CC(C)(C)C(=O)OCOP(=O)(OCOC(=O)C(C)(C)C)C1CC(O)N(O)C1=O.CC(C)(C)C(=O)OCOP(=O)(OCOC(=O)C(C)(C)C)C1CC(O)N(OCc2ccccc2)C1=O.CC1CC(P(=O)(OCOC(=O)C(C)(C)C)OCOC(=O)C(C)(C)C)C(=O)N1C.CO.O=C1C(P(=O)(O)O)CC(O)N1OCc1ccccc1. The number of esters is 6. The Morgan fingerprint density at radius 3 is 0.830 bits per heavy atom. The van der Waals surface area contributed by atoms with Gasteiger partial charge in [-0.2, -0.15) is 15.2 Å². The van der Waals surface area contributed by atoms with Gasteiger partial charge in [-0.1, -0.05) is 60.7 Å². The minimum absolute atomic E-state index is 0.00631. The standard InChI is InChI=1S/C23H34NO10P.C18H32NO8P.C16H28NO10P.C11H14NO6P.CH4O/c1-22(2,3)20(27)30-14-33-35(29,34-15-31-21(28)23(4,5)6)17-12-18(25)24(19(17)26)32-13-16-10-8-7-9-11-16;1-12-9-13(14(20)19(12)8)28(23,26-10-24-15(21)17(2,3)4)27-11-25-16(22)18(5,6)7;1-15(2,3)13(20)24-8-26-28(23,10-7-11(18)17(22)12(10)19)27-9-25-14(21)16(4,5)6;13-10-6-9(19(15,16)17)11(14)12(10)18-7-8-4-2-1-3-5-8;1-2/h7-11,17-18,25H,12-15H2,1-6H3;12-13H,9-11H2,1-8H3;10-11,18,22H,7-9H2,1-6H3;1-5,9-10,13H,6-7H2,(H2,15,16,17);2H,1H3. The van der Waals surface area contributed by atoms with E-state index in [1.165, 1.54) is 4.90 Å². The summed E-state index contributed by atoms with van der Waals surface area (Å²) in [6.45, 7) is 26.7. The zero-order valence-electron chi connectivity index (χ0n) is 67.0. The van der Waals surface area contributed by atoms with Crippen molar-refractivity contribution in [2.24, 2.45) is 32.5 Å². The molecule has 2 aromatic carbocycles. The lowest BCUT2D eigenvalue weighted by atomic mass is 9.98. The first-order valence-corrected chi connectivity index (χ1v) is 41.3. The smallest absolute Gasteiger partial charge is 0.349 e. The van der Waals surface area contributed by atoms with Crippen LogP contribution in [0.1, 0.15) is 168 Å². The van der Waals surface area contributed by atoms with E-state index >= 15 is 0 Å². The van der Waals surface area contributed by atoms with E-state index in [1.807, 2.05) is 19.1 Å². The number of aliphatic hydroxyl groups is 4. The van der Waals surface area contributed by atoms with Gasteiger partial charge in [0.25, 0.3) is 17.7 Å². The van der Waals surface area contributed by atoms with E-state index in [2.05, 4.69) is 0 Å². The van der Waals surface area contributed by atoms with Crippen molar-refractivity contribution in [3.8, 4) is 0 Å². The van der Waals surface area contributed by atoms with E-state index in [4.69, 9.17) is 80.1 Å². The van der Waals surface area contributed by atoms with Gasteiger partial charge in [-0.05, 0) is 149 Å². The lowest BCUT2D eigenvalue weighted by molar-refractivity contribution is -0.225. The van der Waals surface area contributed by atoms with Gasteiger partial charge in [0.05, 0.1) is 32.5 Å². The summed E-state index contributed by atoms with van der Waals surface area (Å²) in [6, 6.07) is 17.7. The molecule has 4 aliphatic heterocycles. The molecule has 0 aliphatic carbocycles. The molecule has 0 radical (unpaired) electrons. The van der Waals surface area contributed by atoms with Crippen molar-refractivity contribution in [3.63, 3.8) is 0 Å². The number of carbonyl (C=O) groups is 10. The van der Waals surface area contributed by atoms with Crippen LogP contribution in [0.4, 0.5) is 0 Å². The molecule has 0 saturated carbocycles. The van der Waals surface area contributed by atoms with E-state index < -0.39 is 211 Å². The highest BCUT2D eigenvalue weighted by molar-refractivity contribution is 7.56. The average molecular weight is 1680 g/mol. The summed E-state index contributed by atoms with van der Waals surface area (Å²) < 4.78 is 112. The van der Waals surface area contributed by atoms with Gasteiger partial charge in [0.15, 0.2) is 18.7 Å². The van der Waals surface area contributed by atoms with E-state index in [9.17, 15) is 86.7 Å². The van der Waals surface area contributed by atoms with Crippen molar-refractivity contribution in [3.05, 3.63) is 71.8 Å². The molecular formula is C69H112N4O35P4. The van der Waals surface area contributed by atoms with Crippen molar-refractivity contribution < 1.29 is 167 Å². The molecule has 4 saturated heterocycles. The van der Waals surface area contributed by atoms with E-state index in [0.717, 1.165) is 18.2 Å². The average Bonchev–Trinajstić information content (AvgIpc) is 1.65. The Hall–Kier alpha value is -6.54. The zero-order chi connectivity index (χ0) is 86.3. The number of hydrogen-bond acceptors (Lipinski definition) is 33. The van der Waals surface area contributed by atoms with Crippen LogP contribution >= 0.6 is 30.4 Å². The molecule has 0 bridgehead atoms. The fourth-order valence-corrected chi connectivity index (χ4v) is 14.8. The zero-order valence-corrected chi connectivity index (χ0v) is 70.6. The predicted molar refractivity (Wildman–Crippen MR) is 391 cm³/mol. The summed E-state index contributed by atoms with van der Waals surface area (Å²) in [5.41, 5.74) is -9.04. The number of benzene rings is 2. The number of amides is 4. The van der Waals surface area contributed by atoms with Gasteiger partial charge < -0.3 is 63.5 Å². The number of hydrogen-bond donors (Lipinski definition) is 7. The van der Waals surface area contributed by atoms with Gasteiger partial charge in [-0.25, -0.2) is 0 Å². The summed E-state index contributed by atoms with van der Waals surface area (Å²) in [5.74, 6) is -6.91. The minimum Gasteiger partial charge on any atom is -0.438 e. The van der Waals surface area contributed by atoms with Crippen LogP contribution < -0.4 is 0 Å². The molecule has 6 rings (SSSR count). The maximum Gasteiger partial charge on any atom is 0.349 e. The fraction of sp³-hybridized carbons (Fsp3) is 0.681. The second-order valence-corrected chi connectivity index (χ2v) is 40.0. The molecule has 4 aliphatic rings. The molecule has 4 heterocycles. The Bertz CT molecular complexity index is 3450. The largest absolute Gasteiger partial charge is 0.438 e. The van der Waals surface area contributed by atoms with Crippen molar-refractivity contribution in [2.45, 2.75) is 218 Å². The molecule has 43 heteroatoms. The molecule has 0 aromatic heterocycles. The van der Waals surface area contributed by atoms with Crippen LogP contribution in [0.15, 0.2) is 60.7 Å². The number of rotatable bonds is 28. The summed E-state index contributed by atoms with van der Waals surface area (Å²) in [4.78, 5) is 151. The molecular weight excluding hydrogens is 1570 g/mol. The minimum atomic E-state index is -4.57. The Morgan fingerprint density at radius 2 is 0.616 bits per heavy atom. The Kier molecular flexibility index (Phi) is 38.9. The van der Waals surface area contributed by atoms with E-state index in [0.29, 0.717) is 10.1 Å². The Morgan fingerprint density at radius 1 is 0.384 bits per heavy atom. The summed E-state index contributed by atoms with van der Waals surface area (Å²) in [7, 11) is -14.8. The normalized spacial score (nSPS) is 20.6. The van der Waals surface area contributed by atoms with Gasteiger partial charge in [0, 0.05) is 39.5 Å². The number of likely N-dealkylation sites (tertiary alicyclic amines) is 1. The number of aliphatic hydroxyl groups excluding tert-OH is 4. The maximum absolute atomic E-state index is 13.6. The van der Waals surface area contributed by atoms with E-state index in [1.54, 1.807) is 180 Å². The van der Waals surface area contributed by atoms with E-state index in [-0.39, 0.29) is 43.6 Å². The summed E-state index contributed by atoms with van der Waals surface area (Å²) in [6.07, 6.45) is -5.25. The van der Waals surface area contributed by atoms with Crippen LogP contribution in [0.3, 0.4) is 0 Å². The van der Waals surface area contributed by atoms with Crippen LogP contribution in [-0.4, -0.2) is 217 Å². The predicted octanol–water partition coefficient (Wildman–Crippen LogP) is 7.72. The van der Waals surface area contributed by atoms with Crippen LogP contribution in [0.2, 0.25) is 0 Å². The molecule has 4 amide bonds. The van der Waals surface area contributed by atoms with Crippen molar-refractivity contribution in [2.75, 3.05) is 54.9 Å². The molecule has 638 valence electrons. The number of carbonyl (C=O) groups excluding carboxylic acids is 10. The molecule has 8 atom stereocenters. The summed E-state index contributed by atoms with van der Waals surface area (Å²) in [5, 5.41) is 47.4. The van der Waals surface area contributed by atoms with Crippen molar-refractivity contribution in [1.29, 1.82) is 0 Å². The van der Waals surface area contributed by atoms with Gasteiger partial charge in [-0.3, -0.25) is 108 Å². The first-order valence-electron chi connectivity index (χ1n) is 34.8. The van der Waals surface area contributed by atoms with Gasteiger partial charge in [0.1, 0.15) is 35.8 Å². The van der Waals surface area contributed by atoms with Gasteiger partial charge >= 0.3 is 66.2 Å². The maximum atomic E-state index is 13.6. The van der Waals surface area contributed by atoms with Gasteiger partial charge in [-0.15, -0.1) is 0 Å². The second-order valence-electron chi connectivity index (χ2n) is 31.6. The topological polar surface area (TPSA) is 523 Å². The monoisotopic (exact) mass is 1680 g/mol. The number of hydroxylamine groups is 6.